The molecule has 0 radical (unpaired) electrons. The molecule has 1 N–H and O–H groups in total. The number of carbonyl (C=O) groups is 2. The molecule has 24 heavy (non-hydrogen) atoms. The van der Waals surface area contributed by atoms with E-state index in [-0.39, 0.29) is 22.6 Å². The molecular formula is C16H14ClNO5S. The van der Waals surface area contributed by atoms with E-state index in [1.54, 1.807) is 6.92 Å². The molecule has 0 atom stereocenters. The molecule has 2 rings (SSSR count). The quantitative estimate of drug-likeness (QED) is 0.820. The summed E-state index contributed by atoms with van der Waals surface area (Å²) < 4.78 is 31.2. The molecule has 2 aromatic rings. The van der Waals surface area contributed by atoms with Crippen molar-refractivity contribution >= 4 is 33.5 Å². The van der Waals surface area contributed by atoms with Crippen LogP contribution in [-0.2, 0) is 14.8 Å². The lowest BCUT2D eigenvalue weighted by molar-refractivity contribution is 0.0526. The Labute approximate surface area is 144 Å². The maximum Gasteiger partial charge on any atom is 0.338 e. The molecule has 0 spiro atoms. The number of esters is 1. The monoisotopic (exact) mass is 367 g/mol. The zero-order valence-corrected chi connectivity index (χ0v) is 14.2. The van der Waals surface area contributed by atoms with Gasteiger partial charge in [-0.2, -0.15) is 0 Å². The first-order valence-electron chi connectivity index (χ1n) is 6.93. The highest BCUT2D eigenvalue weighted by atomic mass is 35.5. The van der Waals surface area contributed by atoms with Gasteiger partial charge in [-0.15, -0.1) is 0 Å². The van der Waals surface area contributed by atoms with Crippen molar-refractivity contribution in [2.75, 3.05) is 6.61 Å². The van der Waals surface area contributed by atoms with Crippen LogP contribution in [0.2, 0.25) is 5.02 Å². The highest BCUT2D eigenvalue weighted by molar-refractivity contribution is 7.90. The molecule has 0 unspecified atom stereocenters. The largest absolute Gasteiger partial charge is 0.462 e. The maximum absolute atomic E-state index is 12.2. The average Bonchev–Trinajstić information content (AvgIpc) is 2.55. The fraction of sp³-hybridized carbons (Fsp3) is 0.125. The van der Waals surface area contributed by atoms with E-state index in [9.17, 15) is 18.0 Å². The second kappa shape index (κ2) is 7.46. The molecule has 0 aromatic heterocycles. The molecule has 6 nitrogen and oxygen atoms in total. The summed E-state index contributed by atoms with van der Waals surface area (Å²) in [6.07, 6.45) is 0. The Morgan fingerprint density at radius 3 is 2.08 bits per heavy atom. The van der Waals surface area contributed by atoms with Gasteiger partial charge in [-0.05, 0) is 55.5 Å². The molecule has 0 saturated carbocycles. The molecule has 0 aliphatic rings. The van der Waals surface area contributed by atoms with Crippen LogP contribution in [0.25, 0.3) is 0 Å². The third-order valence-corrected chi connectivity index (χ3v) is 4.61. The number of benzene rings is 2. The molecule has 0 fully saturated rings. The van der Waals surface area contributed by atoms with Crippen LogP contribution >= 0.6 is 11.6 Å². The third kappa shape index (κ3) is 4.33. The predicted octanol–water partition coefficient (Wildman–Crippen LogP) is 2.64. The minimum absolute atomic E-state index is 0.141. The summed E-state index contributed by atoms with van der Waals surface area (Å²) in [6, 6.07) is 10.9. The predicted molar refractivity (Wildman–Crippen MR) is 88.5 cm³/mol. The van der Waals surface area contributed by atoms with Gasteiger partial charge in [0, 0.05) is 10.6 Å². The van der Waals surface area contributed by atoms with Gasteiger partial charge in [0.25, 0.3) is 15.9 Å². The van der Waals surface area contributed by atoms with E-state index in [0.29, 0.717) is 5.02 Å². The number of sulfonamides is 1. The van der Waals surface area contributed by atoms with Gasteiger partial charge in [-0.3, -0.25) is 4.79 Å². The minimum Gasteiger partial charge on any atom is -0.462 e. The number of carbonyl (C=O) groups excluding carboxylic acids is 2. The topological polar surface area (TPSA) is 89.5 Å². The third-order valence-electron chi connectivity index (χ3n) is 3.01. The van der Waals surface area contributed by atoms with Gasteiger partial charge in [0.1, 0.15) is 0 Å². The van der Waals surface area contributed by atoms with Crippen molar-refractivity contribution in [1.82, 2.24) is 4.72 Å². The Morgan fingerprint density at radius 2 is 1.54 bits per heavy atom. The van der Waals surface area contributed by atoms with E-state index in [4.69, 9.17) is 16.3 Å². The van der Waals surface area contributed by atoms with Crippen LogP contribution in [0.15, 0.2) is 53.4 Å². The van der Waals surface area contributed by atoms with Crippen molar-refractivity contribution in [1.29, 1.82) is 0 Å². The molecule has 0 bridgehead atoms. The van der Waals surface area contributed by atoms with E-state index < -0.39 is 21.9 Å². The molecular weight excluding hydrogens is 354 g/mol. The number of ether oxygens (including phenoxy) is 1. The van der Waals surface area contributed by atoms with Crippen LogP contribution in [0.1, 0.15) is 27.6 Å². The Balaban J connectivity index is 2.16. The van der Waals surface area contributed by atoms with Gasteiger partial charge in [-0.1, -0.05) is 11.6 Å². The highest BCUT2D eigenvalue weighted by Crippen LogP contribution is 2.13. The SMILES string of the molecule is CCOC(=O)c1ccc(S(=O)(=O)NC(=O)c2ccc(Cl)cc2)cc1. The van der Waals surface area contributed by atoms with Gasteiger partial charge in [-0.25, -0.2) is 17.9 Å². The first-order chi connectivity index (χ1) is 11.3. The number of hydrogen-bond acceptors (Lipinski definition) is 5. The van der Waals surface area contributed by atoms with E-state index in [0.717, 1.165) is 0 Å². The maximum atomic E-state index is 12.2. The van der Waals surface area contributed by atoms with Gasteiger partial charge < -0.3 is 4.74 Å². The summed E-state index contributed by atoms with van der Waals surface area (Å²) in [7, 11) is -4.06. The Hall–Kier alpha value is -2.38. The lowest BCUT2D eigenvalue weighted by Crippen LogP contribution is -2.30. The smallest absolute Gasteiger partial charge is 0.338 e. The molecule has 126 valence electrons. The first kappa shape index (κ1) is 18.0. The zero-order chi connectivity index (χ0) is 17.7. The molecule has 1 amide bonds. The Morgan fingerprint density at radius 1 is 1.00 bits per heavy atom. The van der Waals surface area contributed by atoms with Gasteiger partial charge in [0.05, 0.1) is 17.1 Å². The van der Waals surface area contributed by atoms with Crippen molar-refractivity contribution in [3.63, 3.8) is 0 Å². The van der Waals surface area contributed by atoms with Crippen molar-refractivity contribution in [2.45, 2.75) is 11.8 Å². The van der Waals surface area contributed by atoms with Crippen molar-refractivity contribution in [3.05, 3.63) is 64.7 Å². The highest BCUT2D eigenvalue weighted by Gasteiger charge is 2.19. The van der Waals surface area contributed by atoms with Crippen LogP contribution in [0.5, 0.6) is 0 Å². The molecule has 0 aliphatic heterocycles. The van der Waals surface area contributed by atoms with Crippen molar-refractivity contribution < 1.29 is 22.7 Å². The normalized spacial score (nSPS) is 10.9. The summed E-state index contributed by atoms with van der Waals surface area (Å²) in [4.78, 5) is 23.4. The molecule has 0 saturated heterocycles. The zero-order valence-electron chi connectivity index (χ0n) is 12.7. The number of halogens is 1. The molecule has 2 aromatic carbocycles. The summed E-state index contributed by atoms with van der Waals surface area (Å²) >= 11 is 5.72. The number of nitrogens with one attached hydrogen (secondary N) is 1. The minimum atomic E-state index is -4.06. The van der Waals surface area contributed by atoms with E-state index >= 15 is 0 Å². The number of hydrogen-bond donors (Lipinski definition) is 1. The number of rotatable bonds is 5. The molecule has 8 heteroatoms. The van der Waals surface area contributed by atoms with Crippen LogP contribution in [0.4, 0.5) is 0 Å². The van der Waals surface area contributed by atoms with Crippen molar-refractivity contribution in [3.8, 4) is 0 Å². The Bertz CT molecular complexity index is 845. The summed E-state index contributed by atoms with van der Waals surface area (Å²) in [5.74, 6) is -1.33. The van der Waals surface area contributed by atoms with Crippen LogP contribution in [0.3, 0.4) is 0 Å². The lowest BCUT2D eigenvalue weighted by Gasteiger charge is -2.08. The molecule has 0 aliphatic carbocycles. The van der Waals surface area contributed by atoms with E-state index in [1.807, 2.05) is 4.72 Å². The standard InChI is InChI=1S/C16H14ClNO5S/c1-2-23-16(20)12-5-9-14(10-6-12)24(21,22)18-15(19)11-3-7-13(17)8-4-11/h3-10H,2H2,1H3,(H,18,19). The lowest BCUT2D eigenvalue weighted by atomic mass is 10.2. The van der Waals surface area contributed by atoms with Gasteiger partial charge in [0.2, 0.25) is 0 Å². The summed E-state index contributed by atoms with van der Waals surface area (Å²) in [5, 5.41) is 0.434. The van der Waals surface area contributed by atoms with E-state index in [1.165, 1.54) is 48.5 Å². The average molecular weight is 368 g/mol. The van der Waals surface area contributed by atoms with Crippen LogP contribution < -0.4 is 4.72 Å². The van der Waals surface area contributed by atoms with Crippen LogP contribution in [0, 0.1) is 0 Å². The van der Waals surface area contributed by atoms with Crippen molar-refractivity contribution in [2.24, 2.45) is 0 Å². The fourth-order valence-corrected chi connectivity index (χ4v) is 2.93. The van der Waals surface area contributed by atoms with Crippen LogP contribution in [-0.4, -0.2) is 26.9 Å². The van der Waals surface area contributed by atoms with Gasteiger partial charge in [0.15, 0.2) is 0 Å². The number of amides is 1. The van der Waals surface area contributed by atoms with Gasteiger partial charge >= 0.3 is 5.97 Å². The fourth-order valence-electron chi connectivity index (χ4n) is 1.83. The summed E-state index contributed by atoms with van der Waals surface area (Å²) in [6.45, 7) is 1.89. The molecule has 0 heterocycles. The van der Waals surface area contributed by atoms with E-state index in [2.05, 4.69) is 0 Å². The summed E-state index contributed by atoms with van der Waals surface area (Å²) in [5.41, 5.74) is 0.381. The Kier molecular flexibility index (Phi) is 5.58. The first-order valence-corrected chi connectivity index (χ1v) is 8.79. The second-order valence-corrected chi connectivity index (χ2v) is 6.81. The second-order valence-electron chi connectivity index (χ2n) is 4.69.